The molecule has 2 heterocycles. The topological polar surface area (TPSA) is 59.4 Å². The molecule has 0 amide bonds. The lowest BCUT2D eigenvalue weighted by Crippen LogP contribution is -2.40. The Kier molecular flexibility index (Phi) is 6.44. The number of fused-ring (bicyclic) bond motifs is 1. The molecule has 1 aliphatic heterocycles. The van der Waals surface area contributed by atoms with Crippen molar-refractivity contribution in [2.45, 2.75) is 25.1 Å². The van der Waals surface area contributed by atoms with Crippen LogP contribution in [0.25, 0.3) is 38.1 Å². The highest BCUT2D eigenvalue weighted by molar-refractivity contribution is 5.97. The molecule has 0 atom stereocenters. The third kappa shape index (κ3) is 4.63. The molecule has 194 valence electrons. The van der Waals surface area contributed by atoms with Crippen molar-refractivity contribution in [3.05, 3.63) is 83.0 Å². The summed E-state index contributed by atoms with van der Waals surface area (Å²) in [6.45, 7) is 8.06. The third-order valence-corrected chi connectivity index (χ3v) is 6.51. The minimum Gasteiger partial charge on any atom is -0.341 e. The van der Waals surface area contributed by atoms with Crippen molar-refractivity contribution in [2.24, 2.45) is 5.73 Å². The maximum absolute atomic E-state index is 15.5. The first kappa shape index (κ1) is 25.5. The van der Waals surface area contributed by atoms with Crippen molar-refractivity contribution < 1.29 is 26.3 Å². The number of nitrogens with two attached hydrogens (primary N) is 1. The minimum atomic E-state index is -4.90. The highest BCUT2D eigenvalue weighted by atomic mass is 19.4. The Morgan fingerprint density at radius 3 is 2.26 bits per heavy atom. The molecule has 4 aromatic rings. The summed E-state index contributed by atoms with van der Waals surface area (Å²) in [5, 5.41) is -0.0381. The van der Waals surface area contributed by atoms with Crippen LogP contribution in [-0.4, -0.2) is 29.1 Å². The zero-order valence-corrected chi connectivity index (χ0v) is 19.7. The van der Waals surface area contributed by atoms with E-state index in [1.165, 1.54) is 12.1 Å². The van der Waals surface area contributed by atoms with Crippen molar-refractivity contribution in [3.8, 4) is 22.4 Å². The van der Waals surface area contributed by atoms with Crippen molar-refractivity contribution in [1.29, 1.82) is 0 Å². The molecule has 0 unspecified atom stereocenters. The predicted molar refractivity (Wildman–Crippen MR) is 131 cm³/mol. The van der Waals surface area contributed by atoms with Gasteiger partial charge in [-0.3, -0.25) is 0 Å². The van der Waals surface area contributed by atoms with Gasteiger partial charge >= 0.3 is 6.18 Å². The molecule has 0 saturated carbocycles. The average Bonchev–Trinajstić information content (AvgIpc) is 2.88. The molecule has 1 aliphatic rings. The van der Waals surface area contributed by atoms with Gasteiger partial charge in [-0.15, -0.1) is 0 Å². The van der Waals surface area contributed by atoms with Gasteiger partial charge in [0.25, 0.3) is 0 Å². The molecule has 0 bridgehead atoms. The fourth-order valence-corrected chi connectivity index (χ4v) is 4.58. The van der Waals surface area contributed by atoms with Gasteiger partial charge in [-0.2, -0.15) is 13.2 Å². The quantitative estimate of drug-likeness (QED) is 0.233. The van der Waals surface area contributed by atoms with E-state index in [2.05, 4.69) is 14.8 Å². The highest BCUT2D eigenvalue weighted by Gasteiger charge is 2.35. The van der Waals surface area contributed by atoms with E-state index >= 15 is 4.39 Å². The molecule has 5 rings (SSSR count). The molecule has 3 aromatic carbocycles. The second kappa shape index (κ2) is 9.61. The Bertz CT molecular complexity index is 1590. The van der Waals surface area contributed by atoms with Gasteiger partial charge in [0.15, 0.2) is 0 Å². The van der Waals surface area contributed by atoms with Gasteiger partial charge in [-0.25, -0.2) is 28.0 Å². The lowest BCUT2D eigenvalue weighted by atomic mass is 9.95. The lowest BCUT2D eigenvalue weighted by Gasteiger charge is -2.30. The average molecular weight is 527 g/mol. The first-order valence-corrected chi connectivity index (χ1v) is 11.6. The molecule has 11 heteroatoms. The minimum absolute atomic E-state index is 0.00988. The molecule has 0 aliphatic carbocycles. The van der Waals surface area contributed by atoms with Crippen molar-refractivity contribution >= 4 is 22.5 Å². The lowest BCUT2D eigenvalue weighted by molar-refractivity contribution is -0.137. The summed E-state index contributed by atoms with van der Waals surface area (Å²) in [7, 11) is 0. The molecule has 2 N–H and O–H groups in total. The molecular formula is C27H19F6N5. The number of anilines is 1. The molecule has 1 aromatic heterocycles. The number of nitrogens with zero attached hydrogens (tertiary/aromatic N) is 4. The Morgan fingerprint density at radius 1 is 0.895 bits per heavy atom. The van der Waals surface area contributed by atoms with Crippen LogP contribution in [0.1, 0.15) is 18.4 Å². The largest absolute Gasteiger partial charge is 0.417 e. The van der Waals surface area contributed by atoms with E-state index in [1.54, 1.807) is 4.90 Å². The van der Waals surface area contributed by atoms with Gasteiger partial charge in [0.1, 0.15) is 23.0 Å². The van der Waals surface area contributed by atoms with Crippen LogP contribution in [0, 0.1) is 24.0 Å². The Hall–Kier alpha value is -4.17. The van der Waals surface area contributed by atoms with Crippen LogP contribution in [0.3, 0.4) is 0 Å². The number of alkyl halides is 3. The van der Waals surface area contributed by atoms with Crippen LogP contribution >= 0.6 is 0 Å². The SMILES string of the molecule is [C-]#[N+]c1ccc(-c2nc(N3CCC(N)CC3)nc3c(F)cc(-c4c(F)cccc4C(F)(F)F)cc23)cc1F. The second-order valence-corrected chi connectivity index (χ2v) is 8.99. The number of piperidine rings is 1. The fourth-order valence-electron chi connectivity index (χ4n) is 4.58. The summed E-state index contributed by atoms with van der Waals surface area (Å²) in [4.78, 5) is 13.8. The van der Waals surface area contributed by atoms with E-state index in [4.69, 9.17) is 12.3 Å². The van der Waals surface area contributed by atoms with Crippen molar-refractivity contribution in [3.63, 3.8) is 0 Å². The van der Waals surface area contributed by atoms with Gasteiger partial charge in [-0.05, 0) is 48.7 Å². The molecule has 0 radical (unpaired) electrons. The highest BCUT2D eigenvalue weighted by Crippen LogP contribution is 2.41. The van der Waals surface area contributed by atoms with Gasteiger partial charge in [-0.1, -0.05) is 18.2 Å². The molecule has 0 spiro atoms. The van der Waals surface area contributed by atoms with E-state index in [9.17, 15) is 22.0 Å². The third-order valence-electron chi connectivity index (χ3n) is 6.51. The van der Waals surface area contributed by atoms with Gasteiger partial charge in [0.2, 0.25) is 11.6 Å². The summed E-state index contributed by atoms with van der Waals surface area (Å²) < 4.78 is 86.0. The fraction of sp³-hybridized carbons (Fsp3) is 0.222. The summed E-state index contributed by atoms with van der Waals surface area (Å²) in [5.41, 5.74) is 3.22. The van der Waals surface area contributed by atoms with Crippen LogP contribution in [0.2, 0.25) is 0 Å². The van der Waals surface area contributed by atoms with E-state index < -0.39 is 34.8 Å². The van der Waals surface area contributed by atoms with Crippen LogP contribution < -0.4 is 10.6 Å². The number of hydrogen-bond donors (Lipinski definition) is 1. The van der Waals surface area contributed by atoms with Crippen LogP contribution in [0.15, 0.2) is 48.5 Å². The standard InChI is InChI=1S/C27H19F6N5/c1-35-22-6-5-14(12-20(22)29)24-17-11-15(23-18(27(31,32)33)3-2-4-19(23)28)13-21(30)25(17)37-26(36-24)38-9-7-16(34)8-10-38/h2-6,11-13,16H,7-10,34H2. The van der Waals surface area contributed by atoms with Crippen molar-refractivity contribution in [1.82, 2.24) is 9.97 Å². The first-order chi connectivity index (χ1) is 18.1. The number of aromatic nitrogens is 2. The number of benzene rings is 3. The molecule has 1 fully saturated rings. The number of rotatable bonds is 3. The number of hydrogen-bond acceptors (Lipinski definition) is 4. The van der Waals surface area contributed by atoms with Gasteiger partial charge in [0, 0.05) is 35.6 Å². The molecule has 38 heavy (non-hydrogen) atoms. The maximum Gasteiger partial charge on any atom is 0.417 e. The summed E-state index contributed by atoms with van der Waals surface area (Å²) in [5.74, 6) is -2.89. The summed E-state index contributed by atoms with van der Waals surface area (Å²) in [6.07, 6.45) is -3.63. The van der Waals surface area contributed by atoms with Gasteiger partial charge in [0.05, 0.1) is 17.8 Å². The monoisotopic (exact) mass is 527 g/mol. The Labute approximate surface area is 213 Å². The van der Waals surface area contributed by atoms with E-state index in [0.717, 1.165) is 30.3 Å². The zero-order valence-electron chi connectivity index (χ0n) is 19.7. The van der Waals surface area contributed by atoms with Crippen LogP contribution in [0.5, 0.6) is 0 Å². The van der Waals surface area contributed by atoms with E-state index in [1.807, 2.05) is 0 Å². The van der Waals surface area contributed by atoms with Crippen molar-refractivity contribution in [2.75, 3.05) is 18.0 Å². The summed E-state index contributed by atoms with van der Waals surface area (Å²) in [6, 6.07) is 8.11. The van der Waals surface area contributed by atoms with E-state index in [-0.39, 0.29) is 45.4 Å². The van der Waals surface area contributed by atoms with E-state index in [0.29, 0.717) is 32.0 Å². The molecular weight excluding hydrogens is 508 g/mol. The smallest absolute Gasteiger partial charge is 0.341 e. The zero-order chi connectivity index (χ0) is 27.2. The van der Waals surface area contributed by atoms with Gasteiger partial charge < -0.3 is 10.6 Å². The Morgan fingerprint density at radius 2 is 1.61 bits per heavy atom. The van der Waals surface area contributed by atoms with Crippen LogP contribution in [0.4, 0.5) is 38.0 Å². The number of halogens is 6. The predicted octanol–water partition coefficient (Wildman–Crippen LogP) is 6.88. The second-order valence-electron chi connectivity index (χ2n) is 8.99. The summed E-state index contributed by atoms with van der Waals surface area (Å²) >= 11 is 0. The first-order valence-electron chi connectivity index (χ1n) is 11.6. The normalized spacial score (nSPS) is 14.6. The maximum atomic E-state index is 15.5. The Balaban J connectivity index is 1.79. The van der Waals surface area contributed by atoms with Crippen LogP contribution in [-0.2, 0) is 6.18 Å². The molecule has 5 nitrogen and oxygen atoms in total. The molecule has 1 saturated heterocycles.